The molecule has 0 amide bonds. The van der Waals surface area contributed by atoms with Crippen LogP contribution in [0.5, 0.6) is 0 Å². The minimum absolute atomic E-state index is 0. The van der Waals surface area contributed by atoms with E-state index in [2.05, 4.69) is 4.74 Å². The lowest BCUT2D eigenvalue weighted by molar-refractivity contribution is -0.145. The van der Waals surface area contributed by atoms with Crippen LogP contribution in [-0.4, -0.2) is 25.2 Å². The molecule has 0 atom stereocenters. The van der Waals surface area contributed by atoms with Crippen LogP contribution in [0.2, 0.25) is 0 Å². The largest absolute Gasteiger partial charge is 0.460 e. The first-order valence-electron chi connectivity index (χ1n) is 2.78. The number of esters is 1. The van der Waals surface area contributed by atoms with Gasteiger partial charge in [0.15, 0.2) is 0 Å². The second-order valence-electron chi connectivity index (χ2n) is 1.70. The summed E-state index contributed by atoms with van der Waals surface area (Å²) in [6.07, 6.45) is -0.317. The second-order valence-corrected chi connectivity index (χ2v) is 1.70. The minimum Gasteiger partial charge on any atom is -0.460 e. The Hall–Kier alpha value is -0.0300. The zero-order valence-electron chi connectivity index (χ0n) is 6.28. The Kier molecular flexibility index (Phi) is 15.6. The molecule has 0 aromatic rings. The van der Waals surface area contributed by atoms with E-state index in [4.69, 9.17) is 11.5 Å². The van der Waals surface area contributed by atoms with Gasteiger partial charge in [0.25, 0.3) is 0 Å². The van der Waals surface area contributed by atoms with Gasteiger partial charge in [0, 0.05) is 20.0 Å². The maximum absolute atomic E-state index is 10.2. The summed E-state index contributed by atoms with van der Waals surface area (Å²) in [5.74, 6) is -0.337. The maximum atomic E-state index is 10.2. The minimum atomic E-state index is -0.337. The van der Waals surface area contributed by atoms with Gasteiger partial charge in [-0.25, -0.2) is 0 Å². The Balaban J connectivity index is -0.000000320. The first kappa shape index (κ1) is 17.2. The number of ether oxygens (including phenoxy) is 1. The number of carbonyl (C=O) groups is 1. The summed E-state index contributed by atoms with van der Waals surface area (Å²) in [5.41, 5.74) is 10.3. The molecule has 0 aromatic heterocycles. The Bertz CT molecular complexity index is 98.5. The molecular weight excluding hydrogens is 191 g/mol. The van der Waals surface area contributed by atoms with E-state index in [0.717, 1.165) is 0 Å². The summed E-state index contributed by atoms with van der Waals surface area (Å²) in [6, 6.07) is 0. The van der Waals surface area contributed by atoms with E-state index in [-0.39, 0.29) is 50.0 Å². The highest BCUT2D eigenvalue weighted by atomic mass is 35.5. The molecule has 0 aliphatic carbocycles. The van der Waals surface area contributed by atoms with Crippen LogP contribution in [-0.2, 0) is 9.53 Å². The van der Waals surface area contributed by atoms with Crippen LogP contribution < -0.4 is 11.5 Å². The predicted molar refractivity (Wildman–Crippen MR) is 48.2 cm³/mol. The fourth-order valence-electron chi connectivity index (χ4n) is 0.427. The third kappa shape index (κ3) is 9.97. The standard InChI is InChI=1S/C5H12N2O2.2ClH/c1-4(8)9-5(2-6)3-7;;/h5H,2-3,6-7H2,1H3;2*1H. The van der Waals surface area contributed by atoms with Crippen LogP contribution in [0, 0.1) is 0 Å². The van der Waals surface area contributed by atoms with Crippen LogP contribution in [0.25, 0.3) is 0 Å². The zero-order valence-corrected chi connectivity index (χ0v) is 7.91. The predicted octanol–water partition coefficient (Wildman–Crippen LogP) is -0.321. The lowest BCUT2D eigenvalue weighted by Gasteiger charge is -2.10. The molecule has 0 saturated carbocycles. The molecule has 0 rings (SSSR count). The zero-order chi connectivity index (χ0) is 7.28. The van der Waals surface area contributed by atoms with Crippen LogP contribution in [0.4, 0.5) is 0 Å². The Morgan fingerprint density at radius 3 is 1.82 bits per heavy atom. The fourth-order valence-corrected chi connectivity index (χ4v) is 0.427. The molecular formula is C5H14Cl2N2O2. The highest BCUT2D eigenvalue weighted by Gasteiger charge is 2.05. The van der Waals surface area contributed by atoms with Gasteiger partial charge in [-0.1, -0.05) is 0 Å². The van der Waals surface area contributed by atoms with E-state index < -0.39 is 0 Å². The molecule has 70 valence electrons. The highest BCUT2D eigenvalue weighted by Crippen LogP contribution is 1.85. The molecule has 4 nitrogen and oxygen atoms in total. The van der Waals surface area contributed by atoms with Crippen LogP contribution in [0.15, 0.2) is 0 Å². The first-order valence-corrected chi connectivity index (χ1v) is 2.78. The van der Waals surface area contributed by atoms with Crippen LogP contribution in [0.3, 0.4) is 0 Å². The van der Waals surface area contributed by atoms with E-state index in [1.54, 1.807) is 0 Å². The Morgan fingerprint density at radius 1 is 1.36 bits per heavy atom. The summed E-state index contributed by atoms with van der Waals surface area (Å²) in [5, 5.41) is 0. The van der Waals surface area contributed by atoms with Gasteiger partial charge >= 0.3 is 5.97 Å². The molecule has 0 aliphatic heterocycles. The van der Waals surface area contributed by atoms with E-state index in [0.29, 0.717) is 0 Å². The molecule has 0 spiro atoms. The van der Waals surface area contributed by atoms with Gasteiger partial charge in [0.1, 0.15) is 6.10 Å². The number of hydrogen-bond acceptors (Lipinski definition) is 4. The third-order valence-electron chi connectivity index (χ3n) is 0.858. The molecule has 0 radical (unpaired) electrons. The van der Waals surface area contributed by atoms with Crippen molar-refractivity contribution < 1.29 is 9.53 Å². The maximum Gasteiger partial charge on any atom is 0.302 e. The highest BCUT2D eigenvalue weighted by molar-refractivity contribution is 5.85. The van der Waals surface area contributed by atoms with Gasteiger partial charge in [0.05, 0.1) is 0 Å². The fraction of sp³-hybridized carbons (Fsp3) is 0.800. The van der Waals surface area contributed by atoms with Crippen molar-refractivity contribution in [2.75, 3.05) is 13.1 Å². The average Bonchev–Trinajstić information content (AvgIpc) is 1.82. The molecule has 0 fully saturated rings. The molecule has 4 N–H and O–H groups in total. The monoisotopic (exact) mass is 204 g/mol. The molecule has 11 heavy (non-hydrogen) atoms. The van der Waals surface area contributed by atoms with E-state index in [1.807, 2.05) is 0 Å². The van der Waals surface area contributed by atoms with Crippen molar-refractivity contribution in [1.82, 2.24) is 0 Å². The van der Waals surface area contributed by atoms with Gasteiger partial charge in [-0.15, -0.1) is 24.8 Å². The van der Waals surface area contributed by atoms with Crippen LogP contribution in [0.1, 0.15) is 6.92 Å². The van der Waals surface area contributed by atoms with Crippen LogP contribution >= 0.6 is 24.8 Å². The molecule has 0 saturated heterocycles. The van der Waals surface area contributed by atoms with Gasteiger partial charge in [-0.05, 0) is 0 Å². The summed E-state index contributed by atoms with van der Waals surface area (Å²) in [6.45, 7) is 1.91. The summed E-state index contributed by atoms with van der Waals surface area (Å²) in [7, 11) is 0. The van der Waals surface area contributed by atoms with Crippen molar-refractivity contribution in [3.8, 4) is 0 Å². The van der Waals surface area contributed by atoms with Crippen molar-refractivity contribution >= 4 is 30.8 Å². The lowest BCUT2D eigenvalue weighted by Crippen LogP contribution is -2.32. The SMILES string of the molecule is CC(=O)OC(CN)CN.Cl.Cl. The van der Waals surface area contributed by atoms with Gasteiger partial charge < -0.3 is 16.2 Å². The van der Waals surface area contributed by atoms with Gasteiger partial charge in [0.2, 0.25) is 0 Å². The Labute approximate surface area is 78.5 Å². The summed E-state index contributed by atoms with van der Waals surface area (Å²) < 4.78 is 4.66. The van der Waals surface area contributed by atoms with Crippen molar-refractivity contribution in [3.05, 3.63) is 0 Å². The normalized spacial score (nSPS) is 8.00. The molecule has 0 bridgehead atoms. The topological polar surface area (TPSA) is 78.3 Å². The molecule has 0 aliphatic rings. The van der Waals surface area contributed by atoms with Crippen molar-refractivity contribution in [3.63, 3.8) is 0 Å². The number of carbonyl (C=O) groups excluding carboxylic acids is 1. The van der Waals surface area contributed by atoms with E-state index >= 15 is 0 Å². The smallest absolute Gasteiger partial charge is 0.302 e. The van der Waals surface area contributed by atoms with E-state index in [1.165, 1.54) is 6.92 Å². The third-order valence-corrected chi connectivity index (χ3v) is 0.858. The average molecular weight is 205 g/mol. The Morgan fingerprint density at radius 2 is 1.73 bits per heavy atom. The molecule has 0 aromatic carbocycles. The number of halogens is 2. The van der Waals surface area contributed by atoms with E-state index in [9.17, 15) is 4.79 Å². The lowest BCUT2D eigenvalue weighted by atomic mass is 10.4. The van der Waals surface area contributed by atoms with Crippen molar-refractivity contribution in [2.45, 2.75) is 13.0 Å². The van der Waals surface area contributed by atoms with Crippen molar-refractivity contribution in [1.29, 1.82) is 0 Å². The van der Waals surface area contributed by atoms with Gasteiger partial charge in [-0.3, -0.25) is 4.79 Å². The molecule has 6 heteroatoms. The first-order chi connectivity index (χ1) is 4.20. The van der Waals surface area contributed by atoms with Crippen molar-refractivity contribution in [2.24, 2.45) is 11.5 Å². The second kappa shape index (κ2) is 9.97. The van der Waals surface area contributed by atoms with Gasteiger partial charge in [-0.2, -0.15) is 0 Å². The number of rotatable bonds is 3. The quantitative estimate of drug-likeness (QED) is 0.619. The summed E-state index contributed by atoms with van der Waals surface area (Å²) in [4.78, 5) is 10.2. The summed E-state index contributed by atoms with van der Waals surface area (Å²) >= 11 is 0. The molecule has 0 unspecified atom stereocenters. The number of nitrogens with two attached hydrogens (primary N) is 2. The number of hydrogen-bond donors (Lipinski definition) is 2. The molecule has 0 heterocycles.